The Balaban J connectivity index is 1.36. The Morgan fingerprint density at radius 3 is 2.65 bits per heavy atom. The molecule has 1 amide bonds. The number of imidazole rings is 1. The zero-order valence-electron chi connectivity index (χ0n) is 13.2. The predicted molar refractivity (Wildman–Crippen MR) is 88.1 cm³/mol. The highest BCUT2D eigenvalue weighted by Crippen LogP contribution is 2.25. The van der Waals surface area contributed by atoms with Gasteiger partial charge in [-0.05, 0) is 30.4 Å². The number of benzene rings is 1. The third kappa shape index (κ3) is 2.88. The van der Waals surface area contributed by atoms with Crippen LogP contribution in [0, 0.1) is 0 Å². The van der Waals surface area contributed by atoms with Gasteiger partial charge in [-0.2, -0.15) is 0 Å². The Bertz CT molecular complexity index is 674. The third-order valence-electron chi connectivity index (χ3n) is 5.13. The van der Waals surface area contributed by atoms with Crippen LogP contribution in [0.2, 0.25) is 0 Å². The van der Waals surface area contributed by atoms with Gasteiger partial charge in [-0.3, -0.25) is 9.69 Å². The molecule has 0 unspecified atom stereocenters. The van der Waals surface area contributed by atoms with Crippen molar-refractivity contribution in [3.05, 3.63) is 53.6 Å². The van der Waals surface area contributed by atoms with Gasteiger partial charge in [0.05, 0.1) is 0 Å². The smallest absolute Gasteiger partial charge is 0.289 e. The fourth-order valence-corrected chi connectivity index (χ4v) is 3.80. The molecule has 120 valence electrons. The van der Waals surface area contributed by atoms with Crippen molar-refractivity contribution in [1.82, 2.24) is 19.8 Å². The van der Waals surface area contributed by atoms with E-state index in [0.717, 1.165) is 45.4 Å². The third-order valence-corrected chi connectivity index (χ3v) is 5.13. The molecule has 0 bridgehead atoms. The molecule has 0 atom stereocenters. The lowest BCUT2D eigenvalue weighted by Gasteiger charge is -2.40. The summed E-state index contributed by atoms with van der Waals surface area (Å²) >= 11 is 0. The minimum absolute atomic E-state index is 0.0254. The second-order valence-electron chi connectivity index (χ2n) is 6.45. The lowest BCUT2D eigenvalue weighted by atomic mass is 9.95. The maximum absolute atomic E-state index is 12.3. The van der Waals surface area contributed by atoms with Crippen molar-refractivity contribution in [2.75, 3.05) is 19.6 Å². The van der Waals surface area contributed by atoms with E-state index in [0.29, 0.717) is 11.9 Å². The van der Waals surface area contributed by atoms with Crippen molar-refractivity contribution in [1.29, 1.82) is 0 Å². The van der Waals surface area contributed by atoms with Gasteiger partial charge in [-0.15, -0.1) is 0 Å². The molecule has 2 aliphatic heterocycles. The summed E-state index contributed by atoms with van der Waals surface area (Å²) in [6, 6.07) is 9.35. The van der Waals surface area contributed by atoms with Crippen LogP contribution >= 0.6 is 0 Å². The van der Waals surface area contributed by atoms with E-state index in [4.69, 9.17) is 0 Å². The summed E-state index contributed by atoms with van der Waals surface area (Å²) in [5.74, 6) is 0.479. The highest BCUT2D eigenvalue weighted by Gasteiger charge is 2.29. The normalized spacial score (nSPS) is 19.6. The van der Waals surface area contributed by atoms with Crippen LogP contribution in [-0.4, -0.2) is 51.4 Å². The summed E-state index contributed by atoms with van der Waals surface area (Å²) in [6.07, 6.45) is 6.57. The molecule has 1 fully saturated rings. The average molecular weight is 310 g/mol. The Morgan fingerprint density at radius 1 is 1.13 bits per heavy atom. The number of aromatic nitrogens is 2. The van der Waals surface area contributed by atoms with E-state index in [1.165, 1.54) is 11.1 Å². The van der Waals surface area contributed by atoms with Crippen molar-refractivity contribution < 1.29 is 4.79 Å². The lowest BCUT2D eigenvalue weighted by molar-refractivity contribution is 0.0589. The van der Waals surface area contributed by atoms with E-state index in [2.05, 4.69) is 39.1 Å². The fraction of sp³-hybridized carbons (Fsp3) is 0.444. The number of carbonyl (C=O) groups excluding carboxylic acids is 1. The van der Waals surface area contributed by atoms with Crippen LogP contribution in [0.15, 0.2) is 36.7 Å². The van der Waals surface area contributed by atoms with Crippen molar-refractivity contribution in [2.45, 2.75) is 31.8 Å². The molecule has 0 radical (unpaired) electrons. The first-order valence-electron chi connectivity index (χ1n) is 8.41. The van der Waals surface area contributed by atoms with Crippen LogP contribution in [-0.2, 0) is 13.0 Å². The molecule has 3 heterocycles. The number of piperidine rings is 1. The molecule has 1 saturated heterocycles. The highest BCUT2D eigenvalue weighted by molar-refractivity contribution is 5.90. The minimum Gasteiger partial charge on any atom is -0.341 e. The number of carbonyl (C=O) groups is 1. The van der Waals surface area contributed by atoms with E-state index in [-0.39, 0.29) is 5.91 Å². The number of rotatable bonds is 2. The van der Waals surface area contributed by atoms with Crippen molar-refractivity contribution in [3.8, 4) is 0 Å². The van der Waals surface area contributed by atoms with Crippen LogP contribution < -0.4 is 0 Å². The first kappa shape index (κ1) is 14.5. The van der Waals surface area contributed by atoms with Crippen LogP contribution in [0.4, 0.5) is 0 Å². The quantitative estimate of drug-likeness (QED) is 0.924. The molecule has 0 spiro atoms. The van der Waals surface area contributed by atoms with Crippen molar-refractivity contribution in [2.24, 2.45) is 0 Å². The highest BCUT2D eigenvalue weighted by atomic mass is 16.2. The van der Waals surface area contributed by atoms with Crippen molar-refractivity contribution >= 4 is 5.91 Å². The molecule has 4 rings (SSSR count). The second kappa shape index (κ2) is 6.16. The molecule has 2 aliphatic rings. The molecule has 5 nitrogen and oxygen atoms in total. The SMILES string of the molecule is O=C(c1ncc[nH]1)N1CCC(N2CCc3ccccc3C2)CC1. The summed E-state index contributed by atoms with van der Waals surface area (Å²) < 4.78 is 0. The van der Waals surface area contributed by atoms with E-state index in [9.17, 15) is 4.79 Å². The van der Waals surface area contributed by atoms with Crippen LogP contribution in [0.5, 0.6) is 0 Å². The average Bonchev–Trinajstić information content (AvgIpc) is 3.15. The van der Waals surface area contributed by atoms with Gasteiger partial charge in [-0.1, -0.05) is 24.3 Å². The molecular formula is C18H22N4O. The Hall–Kier alpha value is -2.14. The predicted octanol–water partition coefficient (Wildman–Crippen LogP) is 2.07. The summed E-state index contributed by atoms with van der Waals surface area (Å²) in [4.78, 5) is 23.8. The lowest BCUT2D eigenvalue weighted by Crippen LogP contribution is -2.48. The van der Waals surface area contributed by atoms with Gasteiger partial charge in [-0.25, -0.2) is 4.98 Å². The number of nitrogens with zero attached hydrogens (tertiary/aromatic N) is 3. The Labute approximate surface area is 136 Å². The molecule has 0 aliphatic carbocycles. The molecule has 1 N–H and O–H groups in total. The molecule has 0 saturated carbocycles. The molecule has 2 aromatic rings. The number of fused-ring (bicyclic) bond motifs is 1. The Kier molecular flexibility index (Phi) is 3.87. The Morgan fingerprint density at radius 2 is 1.91 bits per heavy atom. The van der Waals surface area contributed by atoms with Gasteiger partial charge in [0.15, 0.2) is 5.82 Å². The summed E-state index contributed by atoms with van der Waals surface area (Å²) in [7, 11) is 0. The number of H-pyrrole nitrogens is 1. The summed E-state index contributed by atoms with van der Waals surface area (Å²) in [6.45, 7) is 3.82. The zero-order chi connectivity index (χ0) is 15.6. The topological polar surface area (TPSA) is 52.2 Å². The number of aromatic amines is 1. The number of hydrogen-bond acceptors (Lipinski definition) is 3. The van der Waals surface area contributed by atoms with Crippen LogP contribution in [0.3, 0.4) is 0 Å². The van der Waals surface area contributed by atoms with E-state index in [1.54, 1.807) is 12.4 Å². The summed E-state index contributed by atoms with van der Waals surface area (Å²) in [5, 5.41) is 0. The van der Waals surface area contributed by atoms with Gasteiger partial charge in [0, 0.05) is 44.6 Å². The number of amides is 1. The van der Waals surface area contributed by atoms with E-state index in [1.807, 2.05) is 4.90 Å². The molecule has 1 aromatic heterocycles. The van der Waals surface area contributed by atoms with Gasteiger partial charge in [0.2, 0.25) is 0 Å². The zero-order valence-corrected chi connectivity index (χ0v) is 13.2. The maximum Gasteiger partial charge on any atom is 0.289 e. The number of hydrogen-bond donors (Lipinski definition) is 1. The molecule has 5 heteroatoms. The van der Waals surface area contributed by atoms with Crippen LogP contribution in [0.1, 0.15) is 34.6 Å². The number of likely N-dealkylation sites (tertiary alicyclic amines) is 1. The van der Waals surface area contributed by atoms with Gasteiger partial charge in [0.1, 0.15) is 0 Å². The summed E-state index contributed by atoms with van der Waals surface area (Å²) in [5.41, 5.74) is 2.96. The van der Waals surface area contributed by atoms with Crippen LogP contribution in [0.25, 0.3) is 0 Å². The monoisotopic (exact) mass is 310 g/mol. The standard InChI is InChI=1S/C18H22N4O/c23-18(17-19-8-9-20-17)21-11-6-16(7-12-21)22-10-5-14-3-1-2-4-15(14)13-22/h1-4,8-9,16H,5-7,10-13H2,(H,19,20). The largest absolute Gasteiger partial charge is 0.341 e. The first-order chi connectivity index (χ1) is 11.3. The first-order valence-corrected chi connectivity index (χ1v) is 8.41. The van der Waals surface area contributed by atoms with Gasteiger partial charge < -0.3 is 9.88 Å². The second-order valence-corrected chi connectivity index (χ2v) is 6.45. The molecule has 1 aromatic carbocycles. The van der Waals surface area contributed by atoms with Gasteiger partial charge >= 0.3 is 0 Å². The van der Waals surface area contributed by atoms with Crippen molar-refractivity contribution in [3.63, 3.8) is 0 Å². The number of nitrogens with one attached hydrogen (secondary N) is 1. The molecular weight excluding hydrogens is 288 g/mol. The van der Waals surface area contributed by atoms with Gasteiger partial charge in [0.25, 0.3) is 5.91 Å². The minimum atomic E-state index is 0.0254. The maximum atomic E-state index is 12.3. The molecule has 23 heavy (non-hydrogen) atoms. The van der Waals surface area contributed by atoms with E-state index >= 15 is 0 Å². The fourth-order valence-electron chi connectivity index (χ4n) is 3.80. The van der Waals surface area contributed by atoms with E-state index < -0.39 is 0 Å².